The molecule has 0 spiro atoms. The summed E-state index contributed by atoms with van der Waals surface area (Å²) in [4.78, 5) is 20.9. The largest absolute Gasteiger partial charge is 0.475 e. The van der Waals surface area contributed by atoms with Gasteiger partial charge < -0.3 is 14.5 Å². The third-order valence-corrected chi connectivity index (χ3v) is 9.71. The molecule has 246 valence electrons. The minimum absolute atomic E-state index is 0.0649. The molecular formula is C34H33ClF4N6O2. The number of likely N-dealkylation sites (tertiary alicyclic amines) is 2. The lowest BCUT2D eigenvalue weighted by Crippen LogP contribution is -2.45. The van der Waals surface area contributed by atoms with Crippen LogP contribution in [-0.2, 0) is 11.0 Å². The number of ether oxygens (including phenoxy) is 1. The number of hydrogen-bond acceptors (Lipinski definition) is 6. The van der Waals surface area contributed by atoms with Gasteiger partial charge in [-0.25, -0.2) is 9.37 Å². The zero-order valence-corrected chi connectivity index (χ0v) is 26.7. The lowest BCUT2D eigenvalue weighted by atomic mass is 9.93. The highest BCUT2D eigenvalue weighted by Gasteiger charge is 2.38. The van der Waals surface area contributed by atoms with Gasteiger partial charge in [0.2, 0.25) is 11.8 Å². The molecule has 0 unspecified atom stereocenters. The molecule has 0 radical (unpaired) electrons. The number of amides is 1. The van der Waals surface area contributed by atoms with Crippen molar-refractivity contribution >= 4 is 39.3 Å². The molecule has 13 heteroatoms. The van der Waals surface area contributed by atoms with E-state index in [9.17, 15) is 23.2 Å². The van der Waals surface area contributed by atoms with Crippen molar-refractivity contribution in [1.29, 1.82) is 5.26 Å². The van der Waals surface area contributed by atoms with Gasteiger partial charge in [-0.05, 0) is 69.5 Å². The van der Waals surface area contributed by atoms with Gasteiger partial charge >= 0.3 is 6.18 Å². The van der Waals surface area contributed by atoms with Crippen LogP contribution in [0.5, 0.6) is 5.88 Å². The molecule has 1 amide bonds. The van der Waals surface area contributed by atoms with Crippen LogP contribution in [0.3, 0.4) is 0 Å². The molecule has 8 nitrogen and oxygen atoms in total. The molecule has 0 bridgehead atoms. The molecule has 2 aromatic heterocycles. The number of nitrogens with zero attached hydrogens (tertiary/aromatic N) is 6. The SMILES string of the molecule is C=CC(=O)N1CC[C@H](n2ncc3c(OC[C@@H]4CCCN4C)nc4c(F)c(-c5cccc(C)c5C(F)(F)F)c(Cl)cc4c32)C[C@H]1CC#N. The number of halogens is 5. The summed E-state index contributed by atoms with van der Waals surface area (Å²) in [5.41, 5.74) is -1.57. The van der Waals surface area contributed by atoms with E-state index in [-0.39, 0.29) is 64.0 Å². The summed E-state index contributed by atoms with van der Waals surface area (Å²) in [7, 11) is 2.00. The number of aryl methyl sites for hydroxylation is 1. The zero-order chi connectivity index (χ0) is 33.6. The highest BCUT2D eigenvalue weighted by Crippen LogP contribution is 2.46. The minimum atomic E-state index is -4.76. The van der Waals surface area contributed by atoms with Crippen LogP contribution in [0.1, 0.15) is 49.3 Å². The molecular weight excluding hydrogens is 636 g/mol. The van der Waals surface area contributed by atoms with Crippen LogP contribution in [0.25, 0.3) is 32.9 Å². The van der Waals surface area contributed by atoms with E-state index in [1.54, 1.807) is 15.8 Å². The van der Waals surface area contributed by atoms with Crippen molar-refractivity contribution in [2.24, 2.45) is 0 Å². The van der Waals surface area contributed by atoms with Crippen LogP contribution in [0.2, 0.25) is 5.02 Å². The van der Waals surface area contributed by atoms with Gasteiger partial charge in [-0.15, -0.1) is 0 Å². The summed E-state index contributed by atoms with van der Waals surface area (Å²) in [6.45, 7) is 6.43. The molecule has 2 saturated heterocycles. The minimum Gasteiger partial charge on any atom is -0.475 e. The number of carbonyl (C=O) groups excluding carboxylic acids is 1. The highest BCUT2D eigenvalue weighted by molar-refractivity contribution is 6.34. The van der Waals surface area contributed by atoms with Crippen molar-refractivity contribution < 1.29 is 27.1 Å². The van der Waals surface area contributed by atoms with Gasteiger partial charge in [0.05, 0.1) is 46.2 Å². The van der Waals surface area contributed by atoms with Crippen LogP contribution < -0.4 is 4.74 Å². The first kappa shape index (κ1) is 32.7. The van der Waals surface area contributed by atoms with Gasteiger partial charge in [-0.1, -0.05) is 36.4 Å². The Labute approximate surface area is 274 Å². The maximum absolute atomic E-state index is 16.8. The smallest absolute Gasteiger partial charge is 0.417 e. The Hall–Kier alpha value is -4.21. The number of piperidine rings is 1. The zero-order valence-electron chi connectivity index (χ0n) is 25.9. The monoisotopic (exact) mass is 668 g/mol. The first-order valence-electron chi connectivity index (χ1n) is 15.4. The molecule has 0 aliphatic carbocycles. The third-order valence-electron chi connectivity index (χ3n) is 9.41. The van der Waals surface area contributed by atoms with E-state index in [1.807, 2.05) is 7.05 Å². The van der Waals surface area contributed by atoms with E-state index in [1.165, 1.54) is 37.3 Å². The van der Waals surface area contributed by atoms with E-state index >= 15 is 4.39 Å². The number of likely N-dealkylation sites (N-methyl/N-ethyl adjacent to an activating group) is 1. The molecule has 2 aromatic carbocycles. The Morgan fingerprint density at radius 2 is 2.02 bits per heavy atom. The second-order valence-electron chi connectivity index (χ2n) is 12.2. The normalized spacial score (nSPS) is 20.6. The number of hydrogen-bond donors (Lipinski definition) is 0. The number of benzene rings is 2. The van der Waals surface area contributed by atoms with Crippen LogP contribution in [0.15, 0.2) is 43.1 Å². The molecule has 47 heavy (non-hydrogen) atoms. The third kappa shape index (κ3) is 5.91. The topological polar surface area (TPSA) is 87.3 Å². The first-order valence-corrected chi connectivity index (χ1v) is 15.8. The van der Waals surface area contributed by atoms with Crippen molar-refractivity contribution in [3.8, 4) is 23.1 Å². The summed E-state index contributed by atoms with van der Waals surface area (Å²) in [5, 5.41) is 14.7. The summed E-state index contributed by atoms with van der Waals surface area (Å²) >= 11 is 6.67. The number of carbonyl (C=O) groups is 1. The number of rotatable bonds is 7. The average molecular weight is 669 g/mol. The molecule has 0 saturated carbocycles. The Kier molecular flexibility index (Phi) is 8.89. The lowest BCUT2D eigenvalue weighted by Gasteiger charge is -2.38. The predicted molar refractivity (Wildman–Crippen MR) is 171 cm³/mol. The Morgan fingerprint density at radius 3 is 2.70 bits per heavy atom. The number of fused-ring (bicyclic) bond motifs is 3. The van der Waals surface area contributed by atoms with Gasteiger partial charge in [0.15, 0.2) is 5.82 Å². The molecule has 2 fully saturated rings. The maximum atomic E-state index is 16.8. The van der Waals surface area contributed by atoms with Gasteiger partial charge in [-0.3, -0.25) is 9.48 Å². The fourth-order valence-electron chi connectivity index (χ4n) is 7.06. The second-order valence-corrected chi connectivity index (χ2v) is 12.6. The van der Waals surface area contributed by atoms with E-state index < -0.39 is 29.2 Å². The van der Waals surface area contributed by atoms with E-state index in [4.69, 9.17) is 16.3 Å². The molecule has 4 heterocycles. The molecule has 2 aliphatic rings. The molecule has 3 atom stereocenters. The summed E-state index contributed by atoms with van der Waals surface area (Å²) in [5.74, 6) is -1.17. The molecule has 6 rings (SSSR count). The van der Waals surface area contributed by atoms with Crippen LogP contribution in [0.4, 0.5) is 17.6 Å². The van der Waals surface area contributed by atoms with Crippen molar-refractivity contribution in [2.45, 2.75) is 63.3 Å². The Morgan fingerprint density at radius 1 is 1.23 bits per heavy atom. The standard InChI is InChI=1S/C34H33ClF4N6O2/c1-4-27(46)44-14-11-21(15-20(44)10-12-40)45-32-24-16-26(35)28(23-9-5-7-19(2)29(23)34(37,38)39)30(36)31(24)42-33(25(32)17-41-45)47-18-22-8-6-13-43(22)3/h4-5,7,9,16-17,20-22H,1,6,8,10-11,13-15,18H2,2-3H3/t20-,21+,22+/m1/s1. The lowest BCUT2D eigenvalue weighted by molar-refractivity contribution is -0.137. The van der Waals surface area contributed by atoms with E-state index in [0.29, 0.717) is 30.3 Å². The van der Waals surface area contributed by atoms with Gasteiger partial charge in [-0.2, -0.15) is 23.5 Å². The first-order chi connectivity index (χ1) is 22.4. The molecule has 0 N–H and O–H groups in total. The second kappa shape index (κ2) is 12.8. The summed E-state index contributed by atoms with van der Waals surface area (Å²) in [6.07, 6.45) is 0.941. The van der Waals surface area contributed by atoms with Crippen molar-refractivity contribution in [1.82, 2.24) is 24.6 Å². The highest BCUT2D eigenvalue weighted by atomic mass is 35.5. The van der Waals surface area contributed by atoms with Crippen LogP contribution in [0, 0.1) is 24.1 Å². The maximum Gasteiger partial charge on any atom is 0.417 e. The Bertz CT molecular complexity index is 1920. The van der Waals surface area contributed by atoms with Gasteiger partial charge in [0.1, 0.15) is 12.1 Å². The predicted octanol–water partition coefficient (Wildman–Crippen LogP) is 7.48. The fourth-order valence-corrected chi connectivity index (χ4v) is 7.35. The quantitative estimate of drug-likeness (QED) is 0.150. The molecule has 2 aliphatic heterocycles. The van der Waals surface area contributed by atoms with Crippen molar-refractivity contribution in [3.05, 3.63) is 65.1 Å². The average Bonchev–Trinajstić information content (AvgIpc) is 3.66. The van der Waals surface area contributed by atoms with Crippen LogP contribution in [-0.4, -0.2) is 69.3 Å². The van der Waals surface area contributed by atoms with Crippen molar-refractivity contribution in [3.63, 3.8) is 0 Å². The molecule has 4 aromatic rings. The number of pyridine rings is 1. The Balaban J connectivity index is 1.55. The number of alkyl halides is 3. The summed E-state index contributed by atoms with van der Waals surface area (Å²) < 4.78 is 67.5. The number of nitriles is 1. The fraction of sp³-hybridized carbons (Fsp3) is 0.412. The van der Waals surface area contributed by atoms with Gasteiger partial charge in [0, 0.05) is 29.6 Å². The van der Waals surface area contributed by atoms with Crippen LogP contribution >= 0.6 is 11.6 Å². The van der Waals surface area contributed by atoms with E-state index in [0.717, 1.165) is 19.4 Å². The van der Waals surface area contributed by atoms with Crippen molar-refractivity contribution in [2.75, 3.05) is 26.7 Å². The van der Waals surface area contributed by atoms with Gasteiger partial charge in [0.25, 0.3) is 0 Å². The van der Waals surface area contributed by atoms with E-state index in [2.05, 4.69) is 27.6 Å². The number of aromatic nitrogens is 3. The summed E-state index contributed by atoms with van der Waals surface area (Å²) in [6, 6.07) is 6.95.